The first-order valence-electron chi connectivity index (χ1n) is 7.03. The number of benzene rings is 1. The highest BCUT2D eigenvalue weighted by atomic mass is 35.5. The van der Waals surface area contributed by atoms with Gasteiger partial charge in [0.15, 0.2) is 0 Å². The molecule has 1 fully saturated rings. The van der Waals surface area contributed by atoms with Gasteiger partial charge < -0.3 is 10.2 Å². The lowest BCUT2D eigenvalue weighted by Crippen LogP contribution is -2.19. The lowest BCUT2D eigenvalue weighted by Gasteiger charge is -2.18. The van der Waals surface area contributed by atoms with Crippen molar-refractivity contribution in [2.75, 3.05) is 23.3 Å². The molecular formula is C16H17ClN2OS. The Bertz CT molecular complexity index is 638. The Morgan fingerprint density at radius 2 is 2.05 bits per heavy atom. The topological polar surface area (TPSA) is 32.3 Å². The third-order valence-corrected chi connectivity index (χ3v) is 4.94. The van der Waals surface area contributed by atoms with E-state index in [0.717, 1.165) is 24.7 Å². The first-order valence-corrected chi connectivity index (χ1v) is 8.23. The zero-order chi connectivity index (χ0) is 14.8. The monoisotopic (exact) mass is 320 g/mol. The van der Waals surface area contributed by atoms with Gasteiger partial charge >= 0.3 is 0 Å². The largest absolute Gasteiger partial charge is 0.371 e. The van der Waals surface area contributed by atoms with Crippen LogP contribution in [-0.4, -0.2) is 19.0 Å². The summed E-state index contributed by atoms with van der Waals surface area (Å²) in [7, 11) is 0. The normalized spacial score (nSPS) is 18.0. The van der Waals surface area contributed by atoms with Crippen LogP contribution in [0, 0.1) is 5.92 Å². The van der Waals surface area contributed by atoms with Crippen LogP contribution in [0.15, 0.2) is 36.4 Å². The smallest absolute Gasteiger partial charge is 0.265 e. The lowest BCUT2D eigenvalue weighted by atomic mass is 10.2. The van der Waals surface area contributed by atoms with Gasteiger partial charge in [-0.2, -0.15) is 0 Å². The Balaban J connectivity index is 1.66. The highest BCUT2D eigenvalue weighted by molar-refractivity contribution is 7.18. The maximum absolute atomic E-state index is 12.0. The van der Waals surface area contributed by atoms with Crippen molar-refractivity contribution in [2.24, 2.45) is 5.92 Å². The molecule has 0 saturated carbocycles. The Hall–Kier alpha value is -1.52. The van der Waals surface area contributed by atoms with E-state index in [0.29, 0.717) is 9.21 Å². The summed E-state index contributed by atoms with van der Waals surface area (Å²) in [6.07, 6.45) is 1.25. The molecule has 0 bridgehead atoms. The number of carbonyl (C=O) groups is 1. The number of hydrogen-bond donors (Lipinski definition) is 1. The molecule has 2 aromatic rings. The molecule has 1 atom stereocenters. The molecule has 1 aromatic heterocycles. The van der Waals surface area contributed by atoms with Crippen LogP contribution in [-0.2, 0) is 0 Å². The number of anilines is 2. The second kappa shape index (κ2) is 6.08. The number of carbonyl (C=O) groups excluding carboxylic acids is 1. The van der Waals surface area contributed by atoms with Gasteiger partial charge in [0.25, 0.3) is 5.91 Å². The fraction of sp³-hybridized carbons (Fsp3) is 0.312. The number of hydrogen-bond acceptors (Lipinski definition) is 3. The SMILES string of the molecule is CC1CCN(c2ccc(NC(=O)c3ccc(Cl)s3)cc2)C1. The highest BCUT2D eigenvalue weighted by Crippen LogP contribution is 2.26. The summed E-state index contributed by atoms with van der Waals surface area (Å²) in [5, 5.41) is 2.89. The second-order valence-electron chi connectivity index (χ2n) is 5.44. The quantitative estimate of drug-likeness (QED) is 0.903. The van der Waals surface area contributed by atoms with E-state index in [1.165, 1.54) is 23.4 Å². The van der Waals surface area contributed by atoms with Crippen LogP contribution in [0.3, 0.4) is 0 Å². The Morgan fingerprint density at radius 1 is 1.29 bits per heavy atom. The van der Waals surface area contributed by atoms with Gasteiger partial charge in [0, 0.05) is 24.5 Å². The zero-order valence-electron chi connectivity index (χ0n) is 11.8. The first kappa shape index (κ1) is 14.4. The van der Waals surface area contributed by atoms with E-state index in [9.17, 15) is 4.79 Å². The molecule has 5 heteroatoms. The van der Waals surface area contributed by atoms with Crippen LogP contribution < -0.4 is 10.2 Å². The molecule has 3 rings (SSSR count). The second-order valence-corrected chi connectivity index (χ2v) is 7.16. The van der Waals surface area contributed by atoms with Crippen molar-refractivity contribution in [3.05, 3.63) is 45.6 Å². The first-order chi connectivity index (χ1) is 10.1. The summed E-state index contributed by atoms with van der Waals surface area (Å²) in [5.74, 6) is 0.641. The van der Waals surface area contributed by atoms with Crippen LogP contribution in [0.4, 0.5) is 11.4 Å². The molecule has 1 aliphatic rings. The highest BCUT2D eigenvalue weighted by Gasteiger charge is 2.18. The predicted molar refractivity (Wildman–Crippen MR) is 89.7 cm³/mol. The zero-order valence-corrected chi connectivity index (χ0v) is 13.4. The standard InChI is InChI=1S/C16H17ClN2OS/c1-11-8-9-19(10-11)13-4-2-12(3-5-13)18-16(20)14-6-7-15(17)21-14/h2-7,11H,8-10H2,1H3,(H,18,20). The maximum Gasteiger partial charge on any atom is 0.265 e. The van der Waals surface area contributed by atoms with Gasteiger partial charge in [0.1, 0.15) is 0 Å². The van der Waals surface area contributed by atoms with Crippen LogP contribution in [0.1, 0.15) is 23.0 Å². The van der Waals surface area contributed by atoms with Crippen molar-refractivity contribution in [1.82, 2.24) is 0 Å². The molecular weight excluding hydrogens is 304 g/mol. The molecule has 110 valence electrons. The van der Waals surface area contributed by atoms with E-state index in [1.54, 1.807) is 12.1 Å². The molecule has 0 aliphatic carbocycles. The van der Waals surface area contributed by atoms with Gasteiger partial charge in [-0.1, -0.05) is 18.5 Å². The van der Waals surface area contributed by atoms with Crippen LogP contribution in [0.5, 0.6) is 0 Å². The number of amides is 1. The van der Waals surface area contributed by atoms with Crippen molar-refractivity contribution in [1.29, 1.82) is 0 Å². The number of rotatable bonds is 3. The summed E-state index contributed by atoms with van der Waals surface area (Å²) in [4.78, 5) is 15.0. The van der Waals surface area contributed by atoms with Gasteiger partial charge in [-0.05, 0) is 48.7 Å². The molecule has 21 heavy (non-hydrogen) atoms. The minimum Gasteiger partial charge on any atom is -0.371 e. The van der Waals surface area contributed by atoms with E-state index in [1.807, 2.05) is 12.1 Å². The molecule has 1 amide bonds. The Kier molecular flexibility index (Phi) is 4.17. The van der Waals surface area contributed by atoms with Crippen molar-refractivity contribution >= 4 is 40.2 Å². The van der Waals surface area contributed by atoms with Crippen LogP contribution >= 0.6 is 22.9 Å². The van der Waals surface area contributed by atoms with Gasteiger partial charge in [-0.3, -0.25) is 4.79 Å². The average Bonchev–Trinajstić information content (AvgIpc) is 3.08. The fourth-order valence-electron chi connectivity index (χ4n) is 2.55. The van der Waals surface area contributed by atoms with Crippen molar-refractivity contribution in [2.45, 2.75) is 13.3 Å². The summed E-state index contributed by atoms with van der Waals surface area (Å²) >= 11 is 7.13. The third-order valence-electron chi connectivity index (χ3n) is 3.71. The fourth-order valence-corrected chi connectivity index (χ4v) is 3.49. The average molecular weight is 321 g/mol. The van der Waals surface area contributed by atoms with Crippen LogP contribution in [0.2, 0.25) is 4.34 Å². The van der Waals surface area contributed by atoms with Crippen molar-refractivity contribution in [3.63, 3.8) is 0 Å². The number of nitrogens with one attached hydrogen (secondary N) is 1. The molecule has 3 nitrogen and oxygen atoms in total. The Labute approximate surface area is 133 Å². The third kappa shape index (κ3) is 3.39. The molecule has 1 N–H and O–H groups in total. The van der Waals surface area contributed by atoms with E-state index in [2.05, 4.69) is 29.3 Å². The maximum atomic E-state index is 12.0. The van der Waals surface area contributed by atoms with E-state index >= 15 is 0 Å². The van der Waals surface area contributed by atoms with Crippen molar-refractivity contribution in [3.8, 4) is 0 Å². The molecule has 1 aliphatic heterocycles. The number of thiophene rings is 1. The summed E-state index contributed by atoms with van der Waals surface area (Å²) < 4.78 is 0.624. The summed E-state index contributed by atoms with van der Waals surface area (Å²) in [5.41, 5.74) is 2.03. The van der Waals surface area contributed by atoms with Crippen LogP contribution in [0.25, 0.3) is 0 Å². The number of halogens is 1. The van der Waals surface area contributed by atoms with E-state index in [4.69, 9.17) is 11.6 Å². The predicted octanol–water partition coefficient (Wildman–Crippen LogP) is 4.50. The lowest BCUT2D eigenvalue weighted by molar-refractivity contribution is 0.103. The number of nitrogens with zero attached hydrogens (tertiary/aromatic N) is 1. The molecule has 1 saturated heterocycles. The molecule has 1 unspecified atom stereocenters. The molecule has 2 heterocycles. The van der Waals surface area contributed by atoms with Gasteiger partial charge in [0.2, 0.25) is 0 Å². The van der Waals surface area contributed by atoms with Crippen molar-refractivity contribution < 1.29 is 4.79 Å². The minimum atomic E-state index is -0.116. The molecule has 0 spiro atoms. The molecule has 0 radical (unpaired) electrons. The van der Waals surface area contributed by atoms with E-state index in [-0.39, 0.29) is 5.91 Å². The Morgan fingerprint density at radius 3 is 2.62 bits per heavy atom. The van der Waals surface area contributed by atoms with Gasteiger partial charge in [-0.25, -0.2) is 0 Å². The minimum absolute atomic E-state index is 0.116. The summed E-state index contributed by atoms with van der Waals surface area (Å²) in [6.45, 7) is 4.50. The molecule has 1 aromatic carbocycles. The van der Waals surface area contributed by atoms with Gasteiger partial charge in [-0.15, -0.1) is 11.3 Å². The van der Waals surface area contributed by atoms with Gasteiger partial charge in [0.05, 0.1) is 9.21 Å². The van der Waals surface area contributed by atoms with E-state index < -0.39 is 0 Å². The summed E-state index contributed by atoms with van der Waals surface area (Å²) in [6, 6.07) is 11.5.